The number of hydrogen-bond donors (Lipinski definition) is 2. The van der Waals surface area contributed by atoms with Crippen LogP contribution >= 0.6 is 0 Å². The van der Waals surface area contributed by atoms with Gasteiger partial charge in [-0.05, 0) is 36.5 Å². The summed E-state index contributed by atoms with van der Waals surface area (Å²) in [5.41, 5.74) is 1.47. The molecule has 1 amide bonds. The summed E-state index contributed by atoms with van der Waals surface area (Å²) in [5, 5.41) is 9.22. The van der Waals surface area contributed by atoms with E-state index in [2.05, 4.69) is 4.72 Å². The molecule has 0 fully saturated rings. The average Bonchev–Trinajstić information content (AvgIpc) is 2.88. The van der Waals surface area contributed by atoms with Crippen LogP contribution in [-0.2, 0) is 26.0 Å². The van der Waals surface area contributed by atoms with Crippen molar-refractivity contribution in [2.24, 2.45) is 5.92 Å². The molecule has 0 spiro atoms. The van der Waals surface area contributed by atoms with Crippen LogP contribution in [0.1, 0.15) is 32.8 Å². The molecule has 7 nitrogen and oxygen atoms in total. The highest BCUT2D eigenvalue weighted by Crippen LogP contribution is 2.30. The summed E-state index contributed by atoms with van der Waals surface area (Å²) >= 11 is 0. The van der Waals surface area contributed by atoms with E-state index < -0.39 is 22.0 Å². The normalized spacial score (nSPS) is 15.4. The molecule has 1 heterocycles. The number of carbonyl (C=O) groups is 2. The number of carbonyl (C=O) groups excluding carboxylic acids is 1. The van der Waals surface area contributed by atoms with E-state index in [1.165, 1.54) is 24.0 Å². The van der Waals surface area contributed by atoms with Gasteiger partial charge in [-0.15, -0.1) is 0 Å². The molecule has 0 aromatic heterocycles. The second kappa shape index (κ2) is 6.90. The van der Waals surface area contributed by atoms with Crippen LogP contribution < -0.4 is 9.62 Å². The Balaban J connectivity index is 2.31. The largest absolute Gasteiger partial charge is 0.480 e. The minimum absolute atomic E-state index is 0.0297. The molecule has 1 aliphatic rings. The van der Waals surface area contributed by atoms with Gasteiger partial charge in [-0.3, -0.25) is 9.59 Å². The molecule has 1 aliphatic heterocycles. The first-order valence-electron chi connectivity index (χ1n) is 7.78. The highest BCUT2D eigenvalue weighted by Gasteiger charge is 2.29. The number of carboxylic acid groups (broad SMARTS) is 1. The zero-order chi connectivity index (χ0) is 18.1. The van der Waals surface area contributed by atoms with Crippen LogP contribution in [0.3, 0.4) is 0 Å². The number of carboxylic acids is 1. The topological polar surface area (TPSA) is 104 Å². The summed E-state index contributed by atoms with van der Waals surface area (Å²) in [5.74, 6) is -1.33. The maximum atomic E-state index is 12.5. The van der Waals surface area contributed by atoms with Crippen LogP contribution in [0.2, 0.25) is 0 Å². The van der Waals surface area contributed by atoms with E-state index in [-0.39, 0.29) is 23.1 Å². The molecule has 2 rings (SSSR count). The van der Waals surface area contributed by atoms with Gasteiger partial charge in [0.2, 0.25) is 15.9 Å². The predicted octanol–water partition coefficient (Wildman–Crippen LogP) is 1.37. The van der Waals surface area contributed by atoms with E-state index in [9.17, 15) is 23.1 Å². The predicted molar refractivity (Wildman–Crippen MR) is 89.4 cm³/mol. The number of hydrogen-bond acceptors (Lipinski definition) is 4. The van der Waals surface area contributed by atoms with E-state index in [0.717, 1.165) is 5.56 Å². The maximum absolute atomic E-state index is 12.5. The summed E-state index contributed by atoms with van der Waals surface area (Å²) in [6, 6.07) is 3.36. The summed E-state index contributed by atoms with van der Waals surface area (Å²) in [7, 11) is -3.99. The molecule has 24 heavy (non-hydrogen) atoms. The van der Waals surface area contributed by atoms with E-state index in [1.54, 1.807) is 6.07 Å². The van der Waals surface area contributed by atoms with Crippen LogP contribution in [-0.4, -0.2) is 38.0 Å². The number of amides is 1. The van der Waals surface area contributed by atoms with Crippen molar-refractivity contribution in [3.63, 3.8) is 0 Å². The molecule has 8 heteroatoms. The van der Waals surface area contributed by atoms with Crippen LogP contribution in [0.15, 0.2) is 23.1 Å². The second-order valence-corrected chi connectivity index (χ2v) is 8.07. The van der Waals surface area contributed by atoms with Gasteiger partial charge in [-0.2, -0.15) is 4.72 Å². The molecule has 0 saturated heterocycles. The van der Waals surface area contributed by atoms with Gasteiger partial charge in [0, 0.05) is 19.2 Å². The van der Waals surface area contributed by atoms with Crippen molar-refractivity contribution in [2.45, 2.75) is 44.6 Å². The van der Waals surface area contributed by atoms with Crippen molar-refractivity contribution in [3.8, 4) is 0 Å². The number of benzene rings is 1. The van der Waals surface area contributed by atoms with Gasteiger partial charge in [0.15, 0.2) is 0 Å². The lowest BCUT2D eigenvalue weighted by Gasteiger charge is -2.18. The van der Waals surface area contributed by atoms with Crippen molar-refractivity contribution >= 4 is 27.6 Å². The first kappa shape index (κ1) is 18.4. The smallest absolute Gasteiger partial charge is 0.321 e. The highest BCUT2D eigenvalue weighted by atomic mass is 32.2. The molecule has 1 atom stereocenters. The lowest BCUT2D eigenvalue weighted by molar-refractivity contribution is -0.139. The molecule has 0 radical (unpaired) electrons. The van der Waals surface area contributed by atoms with Crippen molar-refractivity contribution in [2.75, 3.05) is 11.4 Å². The fraction of sp³-hybridized carbons (Fsp3) is 0.500. The van der Waals surface area contributed by atoms with Crippen LogP contribution in [0.5, 0.6) is 0 Å². The molecule has 0 bridgehead atoms. The highest BCUT2D eigenvalue weighted by molar-refractivity contribution is 7.89. The van der Waals surface area contributed by atoms with Crippen LogP contribution in [0, 0.1) is 5.92 Å². The maximum Gasteiger partial charge on any atom is 0.321 e. The van der Waals surface area contributed by atoms with Crippen molar-refractivity contribution in [1.82, 2.24) is 4.72 Å². The molecule has 1 aromatic rings. The number of anilines is 1. The Morgan fingerprint density at radius 2 is 2.00 bits per heavy atom. The molecule has 1 aromatic carbocycles. The summed E-state index contributed by atoms with van der Waals surface area (Å²) < 4.78 is 27.3. The van der Waals surface area contributed by atoms with Gasteiger partial charge >= 0.3 is 5.97 Å². The van der Waals surface area contributed by atoms with Crippen molar-refractivity contribution in [3.05, 3.63) is 23.8 Å². The number of rotatable bonds is 6. The third-order valence-corrected chi connectivity index (χ3v) is 5.41. The van der Waals surface area contributed by atoms with E-state index in [0.29, 0.717) is 18.7 Å². The van der Waals surface area contributed by atoms with Gasteiger partial charge in [0.05, 0.1) is 4.90 Å². The number of nitrogens with one attached hydrogen (secondary N) is 1. The third kappa shape index (κ3) is 3.93. The average molecular weight is 354 g/mol. The molecule has 0 saturated carbocycles. The van der Waals surface area contributed by atoms with Crippen molar-refractivity contribution < 1.29 is 23.1 Å². The Morgan fingerprint density at radius 3 is 2.54 bits per heavy atom. The molecule has 0 unspecified atom stereocenters. The first-order chi connectivity index (χ1) is 11.1. The number of sulfonamides is 1. The Morgan fingerprint density at radius 1 is 1.33 bits per heavy atom. The van der Waals surface area contributed by atoms with Gasteiger partial charge in [-0.25, -0.2) is 8.42 Å². The van der Waals surface area contributed by atoms with Gasteiger partial charge < -0.3 is 10.0 Å². The summed E-state index contributed by atoms with van der Waals surface area (Å²) in [4.78, 5) is 24.4. The fourth-order valence-corrected chi connectivity index (χ4v) is 4.00. The molecule has 132 valence electrons. The van der Waals surface area contributed by atoms with Crippen molar-refractivity contribution in [1.29, 1.82) is 0 Å². The number of fused-ring (bicyclic) bond motifs is 1. The van der Waals surface area contributed by atoms with E-state index in [4.69, 9.17) is 0 Å². The third-order valence-electron chi connectivity index (χ3n) is 3.95. The monoisotopic (exact) mass is 354 g/mol. The molecule has 0 aliphatic carbocycles. The minimum Gasteiger partial charge on any atom is -0.480 e. The van der Waals surface area contributed by atoms with Gasteiger partial charge in [-0.1, -0.05) is 19.9 Å². The molecule has 2 N–H and O–H groups in total. The first-order valence-corrected chi connectivity index (χ1v) is 9.26. The second-order valence-electron chi connectivity index (χ2n) is 6.35. The van der Waals surface area contributed by atoms with Gasteiger partial charge in [0.1, 0.15) is 6.04 Å². The quantitative estimate of drug-likeness (QED) is 0.803. The van der Waals surface area contributed by atoms with Crippen LogP contribution in [0.4, 0.5) is 5.69 Å². The van der Waals surface area contributed by atoms with E-state index in [1.807, 2.05) is 13.8 Å². The lowest BCUT2D eigenvalue weighted by atomic mass is 10.1. The summed E-state index contributed by atoms with van der Waals surface area (Å²) in [6.07, 6.45) is 0.868. The number of nitrogens with zero attached hydrogens (tertiary/aromatic N) is 1. The SMILES string of the molecule is CC(=O)N1CCc2ccc(S(=O)(=O)N[C@@H](CC(C)C)C(=O)O)cc21. The fourth-order valence-electron chi connectivity index (χ4n) is 2.78. The zero-order valence-corrected chi connectivity index (χ0v) is 14.8. The van der Waals surface area contributed by atoms with E-state index >= 15 is 0 Å². The van der Waals surface area contributed by atoms with Crippen LogP contribution in [0.25, 0.3) is 0 Å². The lowest BCUT2D eigenvalue weighted by Crippen LogP contribution is -2.41. The standard InChI is InChI=1S/C16H22N2O5S/c1-10(2)8-14(16(20)21)17-24(22,23)13-5-4-12-6-7-18(11(3)19)15(12)9-13/h4-5,9-10,14,17H,6-8H2,1-3H3,(H,20,21)/t14-/m0/s1. The Kier molecular flexibility index (Phi) is 5.29. The molecular formula is C16H22N2O5S. The molecular weight excluding hydrogens is 332 g/mol. The number of aliphatic carboxylic acids is 1. The Hall–Kier alpha value is -1.93. The Labute approximate surface area is 141 Å². The summed E-state index contributed by atoms with van der Waals surface area (Å²) in [6.45, 7) is 5.60. The minimum atomic E-state index is -3.99. The Bertz CT molecular complexity index is 758. The zero-order valence-electron chi connectivity index (χ0n) is 13.9. The van der Waals surface area contributed by atoms with Gasteiger partial charge in [0.25, 0.3) is 0 Å².